The molecule has 1 saturated heterocycles. The lowest BCUT2D eigenvalue weighted by Gasteiger charge is -2.37. The van der Waals surface area contributed by atoms with Crippen molar-refractivity contribution in [2.45, 2.75) is 33.7 Å². The van der Waals surface area contributed by atoms with E-state index in [4.69, 9.17) is 0 Å². The second kappa shape index (κ2) is 8.32. The molecule has 3 aromatic rings. The van der Waals surface area contributed by atoms with Crippen molar-refractivity contribution in [3.8, 4) is 11.4 Å². The van der Waals surface area contributed by atoms with Gasteiger partial charge in [-0.1, -0.05) is 19.9 Å². The van der Waals surface area contributed by atoms with Crippen molar-refractivity contribution in [2.24, 2.45) is 13.0 Å². The van der Waals surface area contributed by atoms with Crippen molar-refractivity contribution in [2.75, 3.05) is 31.1 Å². The average molecular weight is 395 g/mol. The van der Waals surface area contributed by atoms with E-state index in [2.05, 4.69) is 79.1 Å². The molecule has 3 heterocycles. The maximum Gasteiger partial charge on any atom is 0.206 e. The van der Waals surface area contributed by atoms with Gasteiger partial charge < -0.3 is 9.47 Å². The summed E-state index contributed by atoms with van der Waals surface area (Å²) in [6, 6.07) is 6.64. The molecule has 0 amide bonds. The number of piperazine rings is 1. The number of hydrogen-bond acceptors (Lipinski definition) is 6. The fourth-order valence-corrected chi connectivity index (χ4v) is 3.97. The number of aromatic amines is 1. The van der Waals surface area contributed by atoms with Gasteiger partial charge in [-0.25, -0.2) is 4.98 Å². The van der Waals surface area contributed by atoms with Crippen LogP contribution in [0.3, 0.4) is 0 Å². The fourth-order valence-electron chi connectivity index (χ4n) is 3.97. The van der Waals surface area contributed by atoms with E-state index >= 15 is 0 Å². The molecule has 0 unspecified atom stereocenters. The molecule has 1 N–H and O–H groups in total. The van der Waals surface area contributed by atoms with Crippen LogP contribution in [0.4, 0.5) is 5.69 Å². The van der Waals surface area contributed by atoms with E-state index in [0.717, 1.165) is 50.5 Å². The van der Waals surface area contributed by atoms with Gasteiger partial charge in [-0.2, -0.15) is 5.21 Å². The Labute approximate surface area is 171 Å². The van der Waals surface area contributed by atoms with Crippen LogP contribution in [0.25, 0.3) is 11.4 Å². The predicted molar refractivity (Wildman–Crippen MR) is 114 cm³/mol. The maximum atomic E-state index is 4.42. The molecule has 0 bridgehead atoms. The van der Waals surface area contributed by atoms with Crippen molar-refractivity contribution in [1.82, 2.24) is 35.1 Å². The smallest absolute Gasteiger partial charge is 0.206 e. The molecule has 1 aliphatic heterocycles. The van der Waals surface area contributed by atoms with Crippen LogP contribution >= 0.6 is 0 Å². The molecule has 1 aliphatic rings. The lowest BCUT2D eigenvalue weighted by atomic mass is 9.99. The molecule has 8 heteroatoms. The molecule has 1 aromatic carbocycles. The van der Waals surface area contributed by atoms with Crippen molar-refractivity contribution in [3.05, 3.63) is 41.5 Å². The topological polar surface area (TPSA) is 78.8 Å². The highest BCUT2D eigenvalue weighted by Crippen LogP contribution is 2.31. The van der Waals surface area contributed by atoms with Crippen LogP contribution in [0.5, 0.6) is 0 Å². The second-order valence-electron chi connectivity index (χ2n) is 8.30. The summed E-state index contributed by atoms with van der Waals surface area (Å²) in [7, 11) is 2.09. The number of nitrogens with zero attached hydrogens (tertiary/aromatic N) is 7. The lowest BCUT2D eigenvalue weighted by molar-refractivity contribution is 0.244. The number of imidazole rings is 1. The Morgan fingerprint density at radius 1 is 1.14 bits per heavy atom. The van der Waals surface area contributed by atoms with Crippen LogP contribution in [0.1, 0.15) is 30.9 Å². The molecule has 4 rings (SSSR count). The monoisotopic (exact) mass is 394 g/mol. The molecule has 1 fully saturated rings. The number of rotatable bonds is 6. The lowest BCUT2D eigenvalue weighted by Crippen LogP contribution is -2.46. The first-order chi connectivity index (χ1) is 14.0. The third kappa shape index (κ3) is 4.32. The quantitative estimate of drug-likeness (QED) is 0.692. The third-order valence-corrected chi connectivity index (χ3v) is 5.71. The Balaban J connectivity index is 1.51. The van der Waals surface area contributed by atoms with Gasteiger partial charge in [-0.15, -0.1) is 10.2 Å². The molecular formula is C21H30N8. The summed E-state index contributed by atoms with van der Waals surface area (Å²) < 4.78 is 2.18. The van der Waals surface area contributed by atoms with Gasteiger partial charge in [0.15, 0.2) is 0 Å². The predicted octanol–water partition coefficient (Wildman–Crippen LogP) is 2.43. The van der Waals surface area contributed by atoms with E-state index in [9.17, 15) is 0 Å². The van der Waals surface area contributed by atoms with E-state index < -0.39 is 0 Å². The molecule has 0 aliphatic carbocycles. The van der Waals surface area contributed by atoms with Gasteiger partial charge in [0.1, 0.15) is 5.82 Å². The summed E-state index contributed by atoms with van der Waals surface area (Å²) >= 11 is 0. The number of H-pyrrole nitrogens is 1. The van der Waals surface area contributed by atoms with Gasteiger partial charge in [0.05, 0.1) is 5.69 Å². The third-order valence-electron chi connectivity index (χ3n) is 5.71. The Morgan fingerprint density at radius 3 is 2.55 bits per heavy atom. The summed E-state index contributed by atoms with van der Waals surface area (Å²) in [5.41, 5.74) is 4.87. The second-order valence-corrected chi connectivity index (χ2v) is 8.30. The highest BCUT2D eigenvalue weighted by Gasteiger charge is 2.22. The molecule has 8 nitrogen and oxygen atoms in total. The number of hydrogen-bond donors (Lipinski definition) is 1. The fraction of sp³-hybridized carbons (Fsp3) is 0.524. The van der Waals surface area contributed by atoms with Crippen LogP contribution in [0.15, 0.2) is 24.4 Å². The van der Waals surface area contributed by atoms with Crippen LogP contribution in [0, 0.1) is 12.8 Å². The van der Waals surface area contributed by atoms with Crippen molar-refractivity contribution in [1.29, 1.82) is 0 Å². The Morgan fingerprint density at radius 2 is 1.93 bits per heavy atom. The number of nitrogens with one attached hydrogen (secondary N) is 1. The van der Waals surface area contributed by atoms with Gasteiger partial charge in [-0.3, -0.25) is 4.90 Å². The number of benzene rings is 1. The van der Waals surface area contributed by atoms with Gasteiger partial charge in [0, 0.05) is 57.2 Å². The first kappa shape index (κ1) is 19.6. The molecular weight excluding hydrogens is 364 g/mol. The van der Waals surface area contributed by atoms with Crippen molar-refractivity contribution < 1.29 is 0 Å². The summed E-state index contributed by atoms with van der Waals surface area (Å²) in [4.78, 5) is 9.38. The molecule has 0 atom stereocenters. The van der Waals surface area contributed by atoms with E-state index in [1.54, 1.807) is 0 Å². The summed E-state index contributed by atoms with van der Waals surface area (Å²) in [6.07, 6.45) is 3.06. The van der Waals surface area contributed by atoms with Crippen LogP contribution < -0.4 is 4.90 Å². The average Bonchev–Trinajstić information content (AvgIpc) is 3.34. The first-order valence-electron chi connectivity index (χ1n) is 10.3. The molecule has 0 spiro atoms. The molecule has 29 heavy (non-hydrogen) atoms. The number of anilines is 1. The minimum absolute atomic E-state index is 0.623. The van der Waals surface area contributed by atoms with Crippen molar-refractivity contribution in [3.63, 3.8) is 0 Å². The number of aromatic nitrogens is 6. The van der Waals surface area contributed by atoms with Gasteiger partial charge >= 0.3 is 0 Å². The zero-order valence-electron chi connectivity index (χ0n) is 17.8. The Bertz CT molecular complexity index is 936. The normalized spacial score (nSPS) is 15.4. The van der Waals surface area contributed by atoms with E-state index in [0.29, 0.717) is 11.7 Å². The van der Waals surface area contributed by atoms with Crippen LogP contribution in [-0.4, -0.2) is 61.3 Å². The highest BCUT2D eigenvalue weighted by atomic mass is 15.5. The Hall–Kier alpha value is -2.74. The first-order valence-corrected chi connectivity index (χ1v) is 10.3. The van der Waals surface area contributed by atoms with Gasteiger partial charge in [-0.05, 0) is 42.2 Å². The summed E-state index contributed by atoms with van der Waals surface area (Å²) in [6.45, 7) is 11.5. The number of tetrazole rings is 1. The van der Waals surface area contributed by atoms with E-state index in [1.165, 1.54) is 16.9 Å². The van der Waals surface area contributed by atoms with Gasteiger partial charge in [0.25, 0.3) is 0 Å². The van der Waals surface area contributed by atoms with Crippen LogP contribution in [0.2, 0.25) is 0 Å². The van der Waals surface area contributed by atoms with E-state index in [1.807, 2.05) is 13.1 Å². The SMILES string of the molecule is Cc1ncc(CN2CCN(c3cc(CC(C)C)ccc3-c3nn[nH]n3)CC2)n1C. The largest absolute Gasteiger partial charge is 0.368 e. The van der Waals surface area contributed by atoms with Crippen LogP contribution in [-0.2, 0) is 20.0 Å². The zero-order chi connectivity index (χ0) is 20.4. The maximum absolute atomic E-state index is 4.42. The zero-order valence-corrected chi connectivity index (χ0v) is 17.8. The Kier molecular flexibility index (Phi) is 5.62. The van der Waals surface area contributed by atoms with Gasteiger partial charge in [0.2, 0.25) is 5.82 Å². The molecule has 0 radical (unpaired) electrons. The molecule has 0 saturated carbocycles. The standard InChI is InChI=1S/C21H30N8/c1-15(2)11-17-5-6-19(21-23-25-26-24-21)20(12-17)29-9-7-28(8-10-29)14-18-13-22-16(3)27(18)4/h5-6,12-13,15H,7-11,14H2,1-4H3,(H,23,24,25,26). The summed E-state index contributed by atoms with van der Waals surface area (Å²) in [5.74, 6) is 2.34. The number of aryl methyl sites for hydroxylation is 1. The molecule has 154 valence electrons. The van der Waals surface area contributed by atoms with E-state index in [-0.39, 0.29) is 0 Å². The highest BCUT2D eigenvalue weighted by molar-refractivity contribution is 5.75. The molecule has 2 aromatic heterocycles. The minimum Gasteiger partial charge on any atom is -0.368 e. The minimum atomic E-state index is 0.623. The van der Waals surface area contributed by atoms with Crippen molar-refractivity contribution >= 4 is 5.69 Å². The summed E-state index contributed by atoms with van der Waals surface area (Å²) in [5, 5.41) is 14.8.